The largest absolute Gasteiger partial charge is 0.506 e. The number of hydrogen-bond acceptors (Lipinski definition) is 3. The summed E-state index contributed by atoms with van der Waals surface area (Å²) in [5, 5.41) is 9.98. The van der Waals surface area contributed by atoms with E-state index in [0.717, 1.165) is 5.69 Å². The van der Waals surface area contributed by atoms with Crippen molar-refractivity contribution in [1.29, 1.82) is 0 Å². The first-order valence-corrected chi connectivity index (χ1v) is 4.26. The lowest BCUT2D eigenvalue weighted by Gasteiger charge is -1.92. The molecule has 0 saturated carbocycles. The van der Waals surface area contributed by atoms with Crippen molar-refractivity contribution < 1.29 is 5.11 Å². The second kappa shape index (κ2) is 3.89. The molecule has 0 aromatic carbocycles. The molecule has 4 heteroatoms. The Balaban J connectivity index is 0.000000396. The molecular formula is C9H13N3O. The fraction of sp³-hybridized carbons (Fsp3) is 0.333. The van der Waals surface area contributed by atoms with Crippen LogP contribution < -0.4 is 0 Å². The second-order valence-corrected chi connectivity index (χ2v) is 2.36. The molecule has 0 radical (unpaired) electrons. The Kier molecular flexibility index (Phi) is 2.84. The maximum absolute atomic E-state index is 9.28. The van der Waals surface area contributed by atoms with E-state index in [0.29, 0.717) is 11.0 Å². The van der Waals surface area contributed by atoms with Crippen LogP contribution in [-0.4, -0.2) is 20.1 Å². The van der Waals surface area contributed by atoms with Gasteiger partial charge in [0.25, 0.3) is 0 Å². The van der Waals surface area contributed by atoms with Crippen LogP contribution in [0.15, 0.2) is 12.5 Å². The van der Waals surface area contributed by atoms with Crippen molar-refractivity contribution in [2.24, 2.45) is 0 Å². The molecule has 0 aliphatic rings. The molecule has 2 rings (SSSR count). The van der Waals surface area contributed by atoms with E-state index in [2.05, 4.69) is 15.0 Å². The summed E-state index contributed by atoms with van der Waals surface area (Å²) in [5.74, 6) is 0.207. The van der Waals surface area contributed by atoms with Gasteiger partial charge in [0.2, 0.25) is 0 Å². The van der Waals surface area contributed by atoms with Crippen molar-refractivity contribution >= 4 is 11.0 Å². The second-order valence-electron chi connectivity index (χ2n) is 2.36. The summed E-state index contributed by atoms with van der Waals surface area (Å²) in [6.45, 7) is 5.83. The Morgan fingerprint density at radius 2 is 2.00 bits per heavy atom. The molecule has 70 valence electrons. The first-order valence-electron chi connectivity index (χ1n) is 4.26. The van der Waals surface area contributed by atoms with E-state index in [1.807, 2.05) is 20.8 Å². The summed E-state index contributed by atoms with van der Waals surface area (Å²) >= 11 is 0. The van der Waals surface area contributed by atoms with Gasteiger partial charge in [-0.2, -0.15) is 0 Å². The van der Waals surface area contributed by atoms with Crippen molar-refractivity contribution in [1.82, 2.24) is 15.0 Å². The molecule has 0 amide bonds. The standard InChI is InChI=1S/C7H7N3O.C2H6/c1-4-6-5(11)2-8-7(6)10-3-9-4;1-2/h2-3,11H,1H3,(H,8,9,10);1-2H3. The number of nitrogens with one attached hydrogen (secondary N) is 1. The van der Waals surface area contributed by atoms with Crippen LogP contribution in [0.4, 0.5) is 0 Å². The predicted molar refractivity (Wildman–Crippen MR) is 51.6 cm³/mol. The molecule has 2 N–H and O–H groups in total. The summed E-state index contributed by atoms with van der Waals surface area (Å²) in [6.07, 6.45) is 2.97. The van der Waals surface area contributed by atoms with Gasteiger partial charge in [-0.1, -0.05) is 13.8 Å². The average molecular weight is 179 g/mol. The van der Waals surface area contributed by atoms with Crippen molar-refractivity contribution in [3.8, 4) is 5.75 Å². The lowest BCUT2D eigenvalue weighted by atomic mass is 10.3. The monoisotopic (exact) mass is 179 g/mol. The number of H-pyrrole nitrogens is 1. The van der Waals surface area contributed by atoms with Crippen molar-refractivity contribution in [2.75, 3.05) is 0 Å². The van der Waals surface area contributed by atoms with Gasteiger partial charge in [-0.25, -0.2) is 9.97 Å². The number of aromatic amines is 1. The van der Waals surface area contributed by atoms with Crippen LogP contribution >= 0.6 is 0 Å². The summed E-state index contributed by atoms with van der Waals surface area (Å²) < 4.78 is 0. The number of fused-ring (bicyclic) bond motifs is 1. The van der Waals surface area contributed by atoms with Crippen LogP contribution in [0.25, 0.3) is 11.0 Å². The maximum Gasteiger partial charge on any atom is 0.144 e. The number of nitrogens with zero attached hydrogens (tertiary/aromatic N) is 2. The summed E-state index contributed by atoms with van der Waals surface area (Å²) in [5.41, 5.74) is 1.46. The van der Waals surface area contributed by atoms with Gasteiger partial charge in [0.1, 0.15) is 17.7 Å². The topological polar surface area (TPSA) is 61.8 Å². The zero-order valence-corrected chi connectivity index (χ0v) is 8.00. The van der Waals surface area contributed by atoms with Crippen molar-refractivity contribution in [3.05, 3.63) is 18.2 Å². The van der Waals surface area contributed by atoms with E-state index < -0.39 is 0 Å². The van der Waals surface area contributed by atoms with Gasteiger partial charge >= 0.3 is 0 Å². The predicted octanol–water partition coefficient (Wildman–Crippen LogP) is 2.00. The molecule has 0 aliphatic carbocycles. The number of hydrogen-bond donors (Lipinski definition) is 2. The molecule has 13 heavy (non-hydrogen) atoms. The summed E-state index contributed by atoms with van der Waals surface area (Å²) in [4.78, 5) is 10.7. The van der Waals surface area contributed by atoms with Gasteiger partial charge in [-0.3, -0.25) is 0 Å². The van der Waals surface area contributed by atoms with Gasteiger partial charge < -0.3 is 10.1 Å². The maximum atomic E-state index is 9.28. The van der Waals surface area contributed by atoms with E-state index in [9.17, 15) is 5.11 Å². The number of aryl methyl sites for hydroxylation is 1. The molecule has 0 bridgehead atoms. The van der Waals surface area contributed by atoms with Crippen molar-refractivity contribution in [2.45, 2.75) is 20.8 Å². The third-order valence-corrected chi connectivity index (χ3v) is 1.64. The fourth-order valence-corrected chi connectivity index (χ4v) is 1.10. The number of rotatable bonds is 0. The van der Waals surface area contributed by atoms with Gasteiger partial charge in [-0.15, -0.1) is 0 Å². The highest BCUT2D eigenvalue weighted by atomic mass is 16.3. The molecule has 2 aromatic heterocycles. The lowest BCUT2D eigenvalue weighted by molar-refractivity contribution is 0.481. The first kappa shape index (κ1) is 9.51. The quantitative estimate of drug-likeness (QED) is 0.650. The van der Waals surface area contributed by atoms with Gasteiger partial charge in [-0.05, 0) is 6.92 Å². The fourth-order valence-electron chi connectivity index (χ4n) is 1.10. The third kappa shape index (κ3) is 1.61. The minimum absolute atomic E-state index is 0.207. The number of aromatic nitrogens is 3. The van der Waals surface area contributed by atoms with E-state index in [-0.39, 0.29) is 5.75 Å². The molecule has 0 fully saturated rings. The minimum Gasteiger partial charge on any atom is -0.506 e. The Hall–Kier alpha value is -1.58. The van der Waals surface area contributed by atoms with Gasteiger partial charge in [0.05, 0.1) is 11.1 Å². The molecular weight excluding hydrogens is 166 g/mol. The molecule has 0 saturated heterocycles. The van der Waals surface area contributed by atoms with Crippen LogP contribution in [0.3, 0.4) is 0 Å². The smallest absolute Gasteiger partial charge is 0.144 e. The van der Waals surface area contributed by atoms with E-state index in [4.69, 9.17) is 0 Å². The Bertz CT molecular complexity index is 395. The Morgan fingerprint density at radius 1 is 1.31 bits per heavy atom. The summed E-state index contributed by atoms with van der Waals surface area (Å²) in [6, 6.07) is 0. The zero-order chi connectivity index (χ0) is 9.84. The highest BCUT2D eigenvalue weighted by Gasteiger charge is 2.05. The van der Waals surface area contributed by atoms with Crippen LogP contribution in [0.5, 0.6) is 5.75 Å². The van der Waals surface area contributed by atoms with Crippen LogP contribution in [0.1, 0.15) is 19.5 Å². The molecule has 0 spiro atoms. The van der Waals surface area contributed by atoms with Gasteiger partial charge in [0.15, 0.2) is 0 Å². The van der Waals surface area contributed by atoms with Crippen LogP contribution in [0, 0.1) is 6.92 Å². The number of aromatic hydroxyl groups is 1. The van der Waals surface area contributed by atoms with E-state index in [1.165, 1.54) is 12.5 Å². The van der Waals surface area contributed by atoms with Gasteiger partial charge in [0, 0.05) is 6.20 Å². The average Bonchev–Trinajstić information content (AvgIpc) is 2.53. The highest BCUT2D eigenvalue weighted by Crippen LogP contribution is 2.23. The zero-order valence-electron chi connectivity index (χ0n) is 8.00. The third-order valence-electron chi connectivity index (χ3n) is 1.64. The molecule has 0 unspecified atom stereocenters. The minimum atomic E-state index is 0.207. The first-order chi connectivity index (χ1) is 6.29. The SMILES string of the molecule is CC.Cc1ncnc2[nH]cc(O)c12. The molecule has 2 heterocycles. The molecule has 0 aliphatic heterocycles. The Morgan fingerprint density at radius 3 is 2.62 bits per heavy atom. The lowest BCUT2D eigenvalue weighted by Crippen LogP contribution is -1.83. The van der Waals surface area contributed by atoms with Crippen LogP contribution in [-0.2, 0) is 0 Å². The summed E-state index contributed by atoms with van der Waals surface area (Å²) in [7, 11) is 0. The van der Waals surface area contributed by atoms with E-state index >= 15 is 0 Å². The van der Waals surface area contributed by atoms with Crippen molar-refractivity contribution in [3.63, 3.8) is 0 Å². The molecule has 0 atom stereocenters. The van der Waals surface area contributed by atoms with E-state index in [1.54, 1.807) is 0 Å². The van der Waals surface area contributed by atoms with Crippen LogP contribution in [0.2, 0.25) is 0 Å². The molecule has 4 nitrogen and oxygen atoms in total. The highest BCUT2D eigenvalue weighted by molar-refractivity contribution is 5.84. The molecule has 2 aromatic rings. The Labute approximate surface area is 76.7 Å². The normalized spacial score (nSPS) is 9.46.